The molecule has 4 nitrogen and oxygen atoms in total. The zero-order chi connectivity index (χ0) is 15.8. The average molecular weight is 331 g/mol. The Morgan fingerprint density at radius 3 is 2.52 bits per heavy atom. The van der Waals surface area contributed by atoms with Gasteiger partial charge in [0.15, 0.2) is 0 Å². The van der Waals surface area contributed by atoms with Gasteiger partial charge in [-0.1, -0.05) is 6.07 Å². The highest BCUT2D eigenvalue weighted by atomic mass is 35.5. The first-order valence-electron chi connectivity index (χ1n) is 7.05. The van der Waals surface area contributed by atoms with Crippen molar-refractivity contribution in [2.24, 2.45) is 0 Å². The molecule has 2 rings (SSSR count). The summed E-state index contributed by atoms with van der Waals surface area (Å²) in [4.78, 5) is 2.53. The van der Waals surface area contributed by atoms with Crippen LogP contribution < -0.4 is 0 Å². The fraction of sp³-hybridized carbons (Fsp3) is 0.600. The summed E-state index contributed by atoms with van der Waals surface area (Å²) in [5.74, 6) is 0.323. The summed E-state index contributed by atoms with van der Waals surface area (Å²) in [6.07, 6.45) is 0. The van der Waals surface area contributed by atoms with Crippen molar-refractivity contribution in [1.29, 1.82) is 0 Å². The molecule has 1 aliphatic rings. The molecular formula is C15H23ClN2O2S. The molecule has 0 unspecified atom stereocenters. The van der Waals surface area contributed by atoms with E-state index in [0.717, 1.165) is 17.7 Å². The molecule has 1 saturated heterocycles. The van der Waals surface area contributed by atoms with E-state index in [1.807, 2.05) is 20.0 Å². The zero-order valence-electron chi connectivity index (χ0n) is 13.1. The van der Waals surface area contributed by atoms with Crippen LogP contribution in [0.15, 0.2) is 23.1 Å². The lowest BCUT2D eigenvalue weighted by molar-refractivity contribution is 0.0801. The van der Waals surface area contributed by atoms with Crippen LogP contribution in [0, 0.1) is 6.92 Å². The van der Waals surface area contributed by atoms with E-state index in [4.69, 9.17) is 11.6 Å². The largest absolute Gasteiger partial charge is 0.299 e. The van der Waals surface area contributed by atoms with Gasteiger partial charge in [0.25, 0.3) is 0 Å². The molecule has 0 atom stereocenters. The van der Waals surface area contributed by atoms with E-state index in [1.165, 1.54) is 0 Å². The summed E-state index contributed by atoms with van der Waals surface area (Å²) in [5, 5.41) is 0. The van der Waals surface area contributed by atoms with Crippen molar-refractivity contribution in [3.8, 4) is 0 Å². The number of piperazine rings is 1. The molecule has 1 aromatic rings. The van der Waals surface area contributed by atoms with Gasteiger partial charge >= 0.3 is 0 Å². The Balaban J connectivity index is 2.34. The van der Waals surface area contributed by atoms with Gasteiger partial charge in [0.2, 0.25) is 10.0 Å². The molecule has 118 valence electrons. The van der Waals surface area contributed by atoms with Crippen molar-refractivity contribution in [1.82, 2.24) is 9.21 Å². The number of rotatable bonds is 3. The minimum Gasteiger partial charge on any atom is -0.299 e. The Kier molecular flexibility index (Phi) is 4.69. The summed E-state index contributed by atoms with van der Waals surface area (Å²) < 4.78 is 27.2. The summed E-state index contributed by atoms with van der Waals surface area (Å²) >= 11 is 5.89. The maximum Gasteiger partial charge on any atom is 0.243 e. The predicted molar refractivity (Wildman–Crippen MR) is 86.2 cm³/mol. The van der Waals surface area contributed by atoms with Crippen LogP contribution in [0.5, 0.6) is 0 Å². The Morgan fingerprint density at radius 1 is 1.29 bits per heavy atom. The second-order valence-corrected chi connectivity index (χ2v) is 8.50. The first-order valence-corrected chi connectivity index (χ1v) is 9.03. The fourth-order valence-corrected chi connectivity index (χ4v) is 4.43. The maximum atomic E-state index is 12.8. The van der Waals surface area contributed by atoms with Crippen molar-refractivity contribution < 1.29 is 8.42 Å². The smallest absolute Gasteiger partial charge is 0.243 e. The molecule has 0 spiro atoms. The van der Waals surface area contributed by atoms with E-state index >= 15 is 0 Å². The second kappa shape index (κ2) is 5.88. The molecule has 0 radical (unpaired) electrons. The van der Waals surface area contributed by atoms with Gasteiger partial charge in [0, 0.05) is 31.1 Å². The van der Waals surface area contributed by atoms with E-state index in [2.05, 4.69) is 18.7 Å². The van der Waals surface area contributed by atoms with E-state index < -0.39 is 10.0 Å². The van der Waals surface area contributed by atoms with Crippen LogP contribution in [0.4, 0.5) is 0 Å². The topological polar surface area (TPSA) is 40.6 Å². The van der Waals surface area contributed by atoms with Gasteiger partial charge in [-0.25, -0.2) is 8.42 Å². The van der Waals surface area contributed by atoms with Crippen LogP contribution in [-0.2, 0) is 15.9 Å². The Morgan fingerprint density at radius 2 is 1.95 bits per heavy atom. The Bertz CT molecular complexity index is 629. The third kappa shape index (κ3) is 3.26. The van der Waals surface area contributed by atoms with Gasteiger partial charge < -0.3 is 0 Å². The molecule has 0 bridgehead atoms. The van der Waals surface area contributed by atoms with Crippen molar-refractivity contribution >= 4 is 21.6 Å². The number of aryl methyl sites for hydroxylation is 1. The number of benzene rings is 1. The van der Waals surface area contributed by atoms with Crippen LogP contribution in [0.1, 0.15) is 25.0 Å². The normalized spacial score (nSPS) is 20.6. The third-order valence-electron chi connectivity index (χ3n) is 4.38. The summed E-state index contributed by atoms with van der Waals surface area (Å²) in [5.41, 5.74) is 1.72. The Labute approximate surface area is 132 Å². The van der Waals surface area contributed by atoms with Crippen molar-refractivity contribution in [3.63, 3.8) is 0 Å². The minimum absolute atomic E-state index is 0.161. The number of alkyl halides is 1. The van der Waals surface area contributed by atoms with Crippen LogP contribution in [0.2, 0.25) is 0 Å². The molecule has 1 fully saturated rings. The lowest BCUT2D eigenvalue weighted by atomic mass is 10.0. The zero-order valence-corrected chi connectivity index (χ0v) is 14.6. The summed E-state index contributed by atoms with van der Waals surface area (Å²) in [6.45, 7) is 7.82. The fourth-order valence-electron chi connectivity index (χ4n) is 2.50. The molecule has 1 aliphatic heterocycles. The predicted octanol–water partition coefficient (Wildman–Crippen LogP) is 2.45. The van der Waals surface area contributed by atoms with Crippen molar-refractivity contribution in [2.75, 3.05) is 26.7 Å². The minimum atomic E-state index is -3.46. The molecule has 1 heterocycles. The molecule has 21 heavy (non-hydrogen) atoms. The molecule has 1 aromatic carbocycles. The SMILES string of the molecule is Cc1ccc(S(=O)(=O)N2CCN(C)C(C)(C)C2)cc1CCl. The monoisotopic (exact) mass is 330 g/mol. The summed E-state index contributed by atoms with van der Waals surface area (Å²) in [7, 11) is -1.43. The molecule has 0 N–H and O–H groups in total. The Hall–Kier alpha value is -0.620. The second-order valence-electron chi connectivity index (χ2n) is 6.29. The maximum absolute atomic E-state index is 12.8. The van der Waals surface area contributed by atoms with Crippen molar-refractivity contribution in [2.45, 2.75) is 37.1 Å². The number of hydrogen-bond acceptors (Lipinski definition) is 3. The number of halogens is 1. The highest BCUT2D eigenvalue weighted by Gasteiger charge is 2.37. The highest BCUT2D eigenvalue weighted by molar-refractivity contribution is 7.89. The van der Waals surface area contributed by atoms with Crippen LogP contribution in [0.25, 0.3) is 0 Å². The van der Waals surface area contributed by atoms with E-state index in [0.29, 0.717) is 23.9 Å². The molecule has 0 amide bonds. The molecule has 0 saturated carbocycles. The third-order valence-corrected chi connectivity index (χ3v) is 6.51. The number of nitrogens with zero attached hydrogens (tertiary/aromatic N) is 2. The lowest BCUT2D eigenvalue weighted by Crippen LogP contribution is -2.58. The highest BCUT2D eigenvalue weighted by Crippen LogP contribution is 2.26. The standard InChI is InChI=1S/C15H23ClN2O2S/c1-12-5-6-14(9-13(12)10-16)21(19,20)18-8-7-17(4)15(2,3)11-18/h5-6,9H,7-8,10-11H2,1-4H3. The summed E-state index contributed by atoms with van der Waals surface area (Å²) in [6, 6.07) is 5.20. The van der Waals surface area contributed by atoms with Crippen molar-refractivity contribution in [3.05, 3.63) is 29.3 Å². The van der Waals surface area contributed by atoms with Gasteiger partial charge in [-0.05, 0) is 51.1 Å². The van der Waals surface area contributed by atoms with Gasteiger partial charge in [-0.2, -0.15) is 4.31 Å². The average Bonchev–Trinajstić information content (AvgIpc) is 2.42. The molecular weight excluding hydrogens is 308 g/mol. The van der Waals surface area contributed by atoms with Gasteiger partial charge in [-0.3, -0.25) is 4.90 Å². The first-order chi connectivity index (χ1) is 9.68. The molecule has 0 aromatic heterocycles. The number of likely N-dealkylation sites (N-methyl/N-ethyl adjacent to an activating group) is 1. The van der Waals surface area contributed by atoms with Crippen LogP contribution >= 0.6 is 11.6 Å². The number of sulfonamides is 1. The molecule has 0 aliphatic carbocycles. The van der Waals surface area contributed by atoms with Crippen LogP contribution in [0.3, 0.4) is 0 Å². The van der Waals surface area contributed by atoms with Crippen LogP contribution in [-0.4, -0.2) is 49.8 Å². The van der Waals surface area contributed by atoms with Gasteiger partial charge in [0.1, 0.15) is 0 Å². The van der Waals surface area contributed by atoms with Gasteiger partial charge in [-0.15, -0.1) is 11.6 Å². The van der Waals surface area contributed by atoms with Gasteiger partial charge in [0.05, 0.1) is 4.90 Å². The first kappa shape index (κ1) is 16.7. The van der Waals surface area contributed by atoms with E-state index in [9.17, 15) is 8.42 Å². The molecule has 6 heteroatoms. The quantitative estimate of drug-likeness (QED) is 0.799. The number of hydrogen-bond donors (Lipinski definition) is 0. The lowest BCUT2D eigenvalue weighted by Gasteiger charge is -2.44. The van der Waals surface area contributed by atoms with E-state index in [-0.39, 0.29) is 5.54 Å². The van der Waals surface area contributed by atoms with E-state index in [1.54, 1.807) is 16.4 Å².